The van der Waals surface area contributed by atoms with Crippen LogP contribution in [0, 0.1) is 0 Å². The molecule has 0 aliphatic heterocycles. The molecule has 3 aromatic rings. The van der Waals surface area contributed by atoms with Crippen molar-refractivity contribution in [3.05, 3.63) is 54.6 Å². The Morgan fingerprint density at radius 2 is 1.23 bits per heavy atom. The highest BCUT2D eigenvalue weighted by molar-refractivity contribution is 5.92. The number of hydrogen-bond donors (Lipinski definition) is 0. The Labute approximate surface area is 130 Å². The van der Waals surface area contributed by atoms with E-state index in [-0.39, 0.29) is 0 Å². The fourth-order valence-electron chi connectivity index (χ4n) is 2.62. The average Bonchev–Trinajstić information content (AvgIpc) is 2.59. The van der Waals surface area contributed by atoms with E-state index in [0.29, 0.717) is 0 Å². The maximum atomic E-state index is 5.58. The summed E-state index contributed by atoms with van der Waals surface area (Å²) < 4.78 is 16.4. The summed E-state index contributed by atoms with van der Waals surface area (Å²) in [6.07, 6.45) is 0. The van der Waals surface area contributed by atoms with Crippen molar-refractivity contribution in [2.45, 2.75) is 0 Å². The number of methoxy groups -OCH3 is 3. The van der Waals surface area contributed by atoms with Gasteiger partial charge in [0, 0.05) is 11.1 Å². The van der Waals surface area contributed by atoms with Crippen LogP contribution < -0.4 is 14.2 Å². The third-order valence-corrected chi connectivity index (χ3v) is 3.76. The van der Waals surface area contributed by atoms with E-state index < -0.39 is 0 Å². The number of ether oxygens (including phenoxy) is 3. The van der Waals surface area contributed by atoms with Gasteiger partial charge in [0.25, 0.3) is 0 Å². The molecule has 0 bridgehead atoms. The second-order valence-corrected chi connectivity index (χ2v) is 4.97. The Morgan fingerprint density at radius 3 is 1.86 bits per heavy atom. The van der Waals surface area contributed by atoms with Gasteiger partial charge >= 0.3 is 0 Å². The first kappa shape index (κ1) is 14.3. The first-order chi connectivity index (χ1) is 10.8. The fraction of sp³-hybridized carbons (Fsp3) is 0.158. The highest BCUT2D eigenvalue weighted by Crippen LogP contribution is 2.40. The lowest BCUT2D eigenvalue weighted by molar-refractivity contribution is 0.402. The monoisotopic (exact) mass is 294 g/mol. The summed E-state index contributed by atoms with van der Waals surface area (Å²) in [5.41, 5.74) is 1.93. The Bertz CT molecular complexity index is 809. The van der Waals surface area contributed by atoms with Crippen LogP contribution in [0.25, 0.3) is 21.9 Å². The molecule has 0 aromatic heterocycles. The van der Waals surface area contributed by atoms with Crippen LogP contribution >= 0.6 is 0 Å². The molecule has 3 nitrogen and oxygen atoms in total. The van der Waals surface area contributed by atoms with E-state index in [1.54, 1.807) is 21.3 Å². The smallest absolute Gasteiger partial charge is 0.127 e. The second-order valence-electron chi connectivity index (χ2n) is 4.97. The molecule has 3 heteroatoms. The number of benzene rings is 3. The Kier molecular flexibility index (Phi) is 3.88. The molecular formula is C19H18O3. The SMILES string of the molecule is COc1ccc(OC)c(-c2cc3ccccc3cc2OC)c1. The molecule has 0 fully saturated rings. The second kappa shape index (κ2) is 5.98. The highest BCUT2D eigenvalue weighted by atomic mass is 16.5. The van der Waals surface area contributed by atoms with Crippen LogP contribution in [0.2, 0.25) is 0 Å². The van der Waals surface area contributed by atoms with E-state index in [2.05, 4.69) is 18.2 Å². The van der Waals surface area contributed by atoms with Crippen molar-refractivity contribution in [2.24, 2.45) is 0 Å². The van der Waals surface area contributed by atoms with E-state index in [9.17, 15) is 0 Å². The van der Waals surface area contributed by atoms with E-state index in [1.807, 2.05) is 36.4 Å². The van der Waals surface area contributed by atoms with Crippen molar-refractivity contribution in [3.8, 4) is 28.4 Å². The summed E-state index contributed by atoms with van der Waals surface area (Å²) in [4.78, 5) is 0. The molecule has 0 amide bonds. The molecule has 0 aliphatic rings. The molecule has 0 N–H and O–H groups in total. The van der Waals surface area contributed by atoms with Crippen LogP contribution in [0.15, 0.2) is 54.6 Å². The predicted molar refractivity (Wildman–Crippen MR) is 89.0 cm³/mol. The largest absolute Gasteiger partial charge is 0.497 e. The minimum Gasteiger partial charge on any atom is -0.497 e. The van der Waals surface area contributed by atoms with Crippen molar-refractivity contribution in [2.75, 3.05) is 21.3 Å². The van der Waals surface area contributed by atoms with Crippen LogP contribution in [-0.4, -0.2) is 21.3 Å². The average molecular weight is 294 g/mol. The summed E-state index contributed by atoms with van der Waals surface area (Å²) in [6, 6.07) is 18.1. The summed E-state index contributed by atoms with van der Waals surface area (Å²) in [5, 5.41) is 2.30. The van der Waals surface area contributed by atoms with Crippen LogP contribution in [-0.2, 0) is 0 Å². The van der Waals surface area contributed by atoms with E-state index in [0.717, 1.165) is 39.1 Å². The molecule has 0 aliphatic carbocycles. The summed E-state index contributed by atoms with van der Waals surface area (Å²) >= 11 is 0. The van der Waals surface area contributed by atoms with Gasteiger partial charge in [-0.15, -0.1) is 0 Å². The molecule has 112 valence electrons. The fourth-order valence-corrected chi connectivity index (χ4v) is 2.62. The lowest BCUT2D eigenvalue weighted by atomic mass is 9.99. The quantitative estimate of drug-likeness (QED) is 0.707. The molecule has 0 heterocycles. The summed E-state index contributed by atoms with van der Waals surface area (Å²) in [6.45, 7) is 0. The van der Waals surface area contributed by atoms with Gasteiger partial charge < -0.3 is 14.2 Å². The van der Waals surface area contributed by atoms with Crippen molar-refractivity contribution in [1.29, 1.82) is 0 Å². The molecule has 0 spiro atoms. The maximum absolute atomic E-state index is 5.58. The Morgan fingerprint density at radius 1 is 0.591 bits per heavy atom. The van der Waals surface area contributed by atoms with Crippen molar-refractivity contribution >= 4 is 10.8 Å². The van der Waals surface area contributed by atoms with Gasteiger partial charge in [0.05, 0.1) is 21.3 Å². The van der Waals surface area contributed by atoms with Crippen LogP contribution in [0.3, 0.4) is 0 Å². The molecular weight excluding hydrogens is 276 g/mol. The molecule has 3 rings (SSSR count). The van der Waals surface area contributed by atoms with Crippen LogP contribution in [0.4, 0.5) is 0 Å². The van der Waals surface area contributed by atoms with E-state index in [1.165, 1.54) is 0 Å². The molecule has 0 radical (unpaired) electrons. The minimum atomic E-state index is 0.783. The van der Waals surface area contributed by atoms with Gasteiger partial charge in [0.2, 0.25) is 0 Å². The standard InChI is InChI=1S/C19H18O3/c1-20-15-8-9-18(21-2)17(12-15)16-10-13-6-4-5-7-14(13)11-19(16)22-3/h4-12H,1-3H3. The molecule has 0 saturated heterocycles. The van der Waals surface area contributed by atoms with Gasteiger partial charge in [-0.2, -0.15) is 0 Å². The maximum Gasteiger partial charge on any atom is 0.127 e. The lowest BCUT2D eigenvalue weighted by Gasteiger charge is -2.15. The zero-order valence-electron chi connectivity index (χ0n) is 12.9. The molecule has 3 aromatic carbocycles. The van der Waals surface area contributed by atoms with Crippen LogP contribution in [0.1, 0.15) is 0 Å². The van der Waals surface area contributed by atoms with Crippen LogP contribution in [0.5, 0.6) is 17.2 Å². The van der Waals surface area contributed by atoms with Crippen molar-refractivity contribution in [3.63, 3.8) is 0 Å². The van der Waals surface area contributed by atoms with Gasteiger partial charge in [-0.3, -0.25) is 0 Å². The molecule has 0 atom stereocenters. The number of fused-ring (bicyclic) bond motifs is 1. The Balaban J connectivity index is 2.28. The van der Waals surface area contributed by atoms with E-state index in [4.69, 9.17) is 14.2 Å². The Hall–Kier alpha value is -2.68. The van der Waals surface area contributed by atoms with Gasteiger partial charge in [0.15, 0.2) is 0 Å². The molecule has 0 saturated carbocycles. The number of rotatable bonds is 4. The zero-order chi connectivity index (χ0) is 15.5. The van der Waals surface area contributed by atoms with Gasteiger partial charge in [-0.1, -0.05) is 24.3 Å². The third kappa shape index (κ3) is 2.46. The summed E-state index contributed by atoms with van der Waals surface area (Å²) in [5.74, 6) is 2.38. The molecule has 0 unspecified atom stereocenters. The first-order valence-corrected chi connectivity index (χ1v) is 7.06. The molecule has 22 heavy (non-hydrogen) atoms. The van der Waals surface area contributed by atoms with Gasteiger partial charge in [-0.25, -0.2) is 0 Å². The topological polar surface area (TPSA) is 27.7 Å². The van der Waals surface area contributed by atoms with Gasteiger partial charge in [0.1, 0.15) is 17.2 Å². The highest BCUT2D eigenvalue weighted by Gasteiger charge is 2.13. The lowest BCUT2D eigenvalue weighted by Crippen LogP contribution is -1.93. The number of hydrogen-bond acceptors (Lipinski definition) is 3. The van der Waals surface area contributed by atoms with Crippen molar-refractivity contribution in [1.82, 2.24) is 0 Å². The normalized spacial score (nSPS) is 10.5. The zero-order valence-corrected chi connectivity index (χ0v) is 12.9. The van der Waals surface area contributed by atoms with Crippen molar-refractivity contribution < 1.29 is 14.2 Å². The summed E-state index contributed by atoms with van der Waals surface area (Å²) in [7, 11) is 5.00. The van der Waals surface area contributed by atoms with E-state index >= 15 is 0 Å². The first-order valence-electron chi connectivity index (χ1n) is 7.06. The van der Waals surface area contributed by atoms with Gasteiger partial charge in [-0.05, 0) is 41.1 Å². The predicted octanol–water partition coefficient (Wildman–Crippen LogP) is 4.53. The third-order valence-electron chi connectivity index (χ3n) is 3.76. The minimum absolute atomic E-state index is 0.783.